The van der Waals surface area contributed by atoms with Crippen LogP contribution < -0.4 is 5.32 Å². The molecule has 2 nitrogen and oxygen atoms in total. The molecule has 2 aromatic rings. The van der Waals surface area contributed by atoms with Crippen LogP contribution in [-0.4, -0.2) is 13.1 Å². The third-order valence-electron chi connectivity index (χ3n) is 3.68. The van der Waals surface area contributed by atoms with E-state index < -0.39 is 0 Å². The molecule has 3 rings (SSSR count). The summed E-state index contributed by atoms with van der Waals surface area (Å²) < 4.78 is 5.68. The second-order valence-corrected chi connectivity index (χ2v) is 5.10. The number of hydrogen-bond donors (Lipinski definition) is 1. The van der Waals surface area contributed by atoms with Crippen LogP contribution in [0.2, 0.25) is 0 Å². The van der Waals surface area contributed by atoms with Crippen molar-refractivity contribution >= 4 is 11.0 Å². The van der Waals surface area contributed by atoms with E-state index in [9.17, 15) is 0 Å². The third-order valence-corrected chi connectivity index (χ3v) is 3.68. The number of rotatable bonds is 2. The van der Waals surface area contributed by atoms with Crippen LogP contribution in [0.25, 0.3) is 11.0 Å². The number of benzene rings is 1. The Labute approximate surface area is 102 Å². The first-order chi connectivity index (χ1) is 8.33. The van der Waals surface area contributed by atoms with Gasteiger partial charge in [0, 0.05) is 5.39 Å². The number of hydrogen-bond acceptors (Lipinski definition) is 2. The van der Waals surface area contributed by atoms with Gasteiger partial charge in [-0.1, -0.05) is 12.1 Å². The summed E-state index contributed by atoms with van der Waals surface area (Å²) in [4.78, 5) is 0. The second kappa shape index (κ2) is 4.53. The fourth-order valence-electron chi connectivity index (χ4n) is 2.84. The molecule has 0 aliphatic carbocycles. The summed E-state index contributed by atoms with van der Waals surface area (Å²) in [6.45, 7) is 4.37. The third kappa shape index (κ3) is 2.22. The summed E-state index contributed by atoms with van der Waals surface area (Å²) in [5.41, 5.74) is 2.47. The smallest absolute Gasteiger partial charge is 0.134 e. The fraction of sp³-hybridized carbons (Fsp3) is 0.467. The normalized spacial score (nSPS) is 20.9. The van der Waals surface area contributed by atoms with Gasteiger partial charge in [-0.05, 0) is 62.9 Å². The molecule has 0 amide bonds. The van der Waals surface area contributed by atoms with Crippen molar-refractivity contribution in [2.75, 3.05) is 13.1 Å². The summed E-state index contributed by atoms with van der Waals surface area (Å²) in [7, 11) is 0. The molecular formula is C15H19NO. The Kier molecular flexibility index (Phi) is 2.89. The largest absolute Gasteiger partial charge is 0.461 e. The van der Waals surface area contributed by atoms with E-state index in [1.165, 1.54) is 36.8 Å². The first-order valence-corrected chi connectivity index (χ1v) is 6.52. The van der Waals surface area contributed by atoms with Crippen LogP contribution in [0.15, 0.2) is 28.7 Å². The van der Waals surface area contributed by atoms with E-state index in [1.807, 2.05) is 6.92 Å². The summed E-state index contributed by atoms with van der Waals surface area (Å²) in [5.74, 6) is 1.79. The molecule has 90 valence electrons. The Morgan fingerprint density at radius 2 is 2.35 bits per heavy atom. The molecule has 2 heteroatoms. The zero-order chi connectivity index (χ0) is 11.7. The molecule has 1 fully saturated rings. The lowest BCUT2D eigenvalue weighted by atomic mass is 9.91. The quantitative estimate of drug-likeness (QED) is 0.855. The van der Waals surface area contributed by atoms with Crippen LogP contribution >= 0.6 is 0 Å². The Hall–Kier alpha value is -1.28. The van der Waals surface area contributed by atoms with Crippen LogP contribution in [0.5, 0.6) is 0 Å². The maximum atomic E-state index is 5.68. The minimum atomic E-state index is 0.782. The molecule has 1 atom stereocenters. The molecule has 0 radical (unpaired) electrons. The number of aryl methyl sites for hydroxylation is 1. The highest BCUT2D eigenvalue weighted by molar-refractivity contribution is 5.81. The average Bonchev–Trinajstić information content (AvgIpc) is 2.72. The zero-order valence-corrected chi connectivity index (χ0v) is 10.3. The summed E-state index contributed by atoms with van der Waals surface area (Å²) >= 11 is 0. The molecule has 0 bridgehead atoms. The van der Waals surface area contributed by atoms with E-state index in [0.717, 1.165) is 23.8 Å². The molecule has 1 aliphatic rings. The Balaban J connectivity index is 1.88. The number of furan rings is 1. The van der Waals surface area contributed by atoms with Crippen molar-refractivity contribution in [3.8, 4) is 0 Å². The van der Waals surface area contributed by atoms with Gasteiger partial charge in [0.1, 0.15) is 11.3 Å². The highest BCUT2D eigenvalue weighted by atomic mass is 16.3. The summed E-state index contributed by atoms with van der Waals surface area (Å²) in [6.07, 6.45) is 3.83. The van der Waals surface area contributed by atoms with Crippen LogP contribution in [0.4, 0.5) is 0 Å². The second-order valence-electron chi connectivity index (χ2n) is 5.10. The van der Waals surface area contributed by atoms with E-state index in [0.29, 0.717) is 0 Å². The van der Waals surface area contributed by atoms with E-state index in [4.69, 9.17) is 4.42 Å². The molecule has 0 saturated carbocycles. The van der Waals surface area contributed by atoms with Gasteiger partial charge in [-0.15, -0.1) is 0 Å². The van der Waals surface area contributed by atoms with Gasteiger partial charge in [0.2, 0.25) is 0 Å². The van der Waals surface area contributed by atoms with Crippen molar-refractivity contribution in [1.29, 1.82) is 0 Å². The van der Waals surface area contributed by atoms with Gasteiger partial charge in [-0.2, -0.15) is 0 Å². The maximum absolute atomic E-state index is 5.68. The predicted molar refractivity (Wildman–Crippen MR) is 70.2 cm³/mol. The number of fused-ring (bicyclic) bond motifs is 1. The molecule has 1 unspecified atom stereocenters. The predicted octanol–water partition coefficient (Wildman–Crippen LogP) is 3.28. The zero-order valence-electron chi connectivity index (χ0n) is 10.3. The van der Waals surface area contributed by atoms with Gasteiger partial charge in [-0.25, -0.2) is 0 Å². The SMILES string of the molecule is Cc1cc2c(CC3CCCNC3)cccc2o1. The van der Waals surface area contributed by atoms with Gasteiger partial charge >= 0.3 is 0 Å². The summed E-state index contributed by atoms with van der Waals surface area (Å²) in [5, 5.41) is 4.79. The van der Waals surface area contributed by atoms with Crippen LogP contribution in [0.1, 0.15) is 24.2 Å². The molecule has 0 spiro atoms. The molecule has 1 N–H and O–H groups in total. The Morgan fingerprint density at radius 1 is 1.41 bits per heavy atom. The van der Waals surface area contributed by atoms with Crippen molar-refractivity contribution in [3.63, 3.8) is 0 Å². The van der Waals surface area contributed by atoms with Gasteiger partial charge in [0.15, 0.2) is 0 Å². The monoisotopic (exact) mass is 229 g/mol. The van der Waals surface area contributed by atoms with Crippen molar-refractivity contribution in [3.05, 3.63) is 35.6 Å². The Bertz CT molecular complexity index is 509. The minimum absolute atomic E-state index is 0.782. The van der Waals surface area contributed by atoms with Crippen LogP contribution in [-0.2, 0) is 6.42 Å². The lowest BCUT2D eigenvalue weighted by Crippen LogP contribution is -2.30. The fourth-order valence-corrected chi connectivity index (χ4v) is 2.84. The van der Waals surface area contributed by atoms with Crippen molar-refractivity contribution in [2.24, 2.45) is 5.92 Å². The van der Waals surface area contributed by atoms with Crippen molar-refractivity contribution in [2.45, 2.75) is 26.2 Å². The number of nitrogens with one attached hydrogen (secondary N) is 1. The van der Waals surface area contributed by atoms with Gasteiger partial charge in [-0.3, -0.25) is 0 Å². The molecule has 17 heavy (non-hydrogen) atoms. The van der Waals surface area contributed by atoms with E-state index in [2.05, 4.69) is 29.6 Å². The first kappa shape index (κ1) is 10.8. The van der Waals surface area contributed by atoms with Crippen LogP contribution in [0, 0.1) is 12.8 Å². The molecule has 1 saturated heterocycles. The minimum Gasteiger partial charge on any atom is -0.461 e. The summed E-state index contributed by atoms with van der Waals surface area (Å²) in [6, 6.07) is 8.58. The molecular weight excluding hydrogens is 210 g/mol. The lowest BCUT2D eigenvalue weighted by Gasteiger charge is -2.22. The van der Waals surface area contributed by atoms with Gasteiger partial charge in [0.25, 0.3) is 0 Å². The standard InChI is InChI=1S/C15H19NO/c1-11-8-14-13(5-2-6-15(14)17-11)9-12-4-3-7-16-10-12/h2,5-6,8,12,16H,3-4,7,9-10H2,1H3. The van der Waals surface area contributed by atoms with Gasteiger partial charge < -0.3 is 9.73 Å². The number of piperidine rings is 1. The molecule has 1 aromatic carbocycles. The van der Waals surface area contributed by atoms with Crippen molar-refractivity contribution < 1.29 is 4.42 Å². The molecule has 1 aliphatic heterocycles. The first-order valence-electron chi connectivity index (χ1n) is 6.52. The molecule has 2 heterocycles. The maximum Gasteiger partial charge on any atom is 0.134 e. The van der Waals surface area contributed by atoms with Gasteiger partial charge in [0.05, 0.1) is 0 Å². The highest BCUT2D eigenvalue weighted by Gasteiger charge is 2.15. The van der Waals surface area contributed by atoms with Crippen LogP contribution in [0.3, 0.4) is 0 Å². The van der Waals surface area contributed by atoms with E-state index in [-0.39, 0.29) is 0 Å². The highest BCUT2D eigenvalue weighted by Crippen LogP contribution is 2.26. The molecule has 1 aromatic heterocycles. The topological polar surface area (TPSA) is 25.2 Å². The van der Waals surface area contributed by atoms with E-state index >= 15 is 0 Å². The average molecular weight is 229 g/mol. The Morgan fingerprint density at radius 3 is 3.18 bits per heavy atom. The van der Waals surface area contributed by atoms with E-state index in [1.54, 1.807) is 0 Å². The lowest BCUT2D eigenvalue weighted by molar-refractivity contribution is 0.377. The van der Waals surface area contributed by atoms with Crippen molar-refractivity contribution in [1.82, 2.24) is 5.32 Å².